The van der Waals surface area contributed by atoms with Crippen LogP contribution < -0.4 is 15.2 Å². The summed E-state index contributed by atoms with van der Waals surface area (Å²) in [5.41, 5.74) is 4.12. The normalized spacial score (nSPS) is 13.5. The van der Waals surface area contributed by atoms with E-state index in [0.717, 1.165) is 24.3 Å². The van der Waals surface area contributed by atoms with Crippen molar-refractivity contribution in [3.8, 4) is 5.75 Å². The smallest absolute Gasteiger partial charge is 0.238 e. The molecule has 7 heteroatoms. The Morgan fingerprint density at radius 1 is 1.11 bits per heavy atom. The Hall–Kier alpha value is -2.64. The topological polar surface area (TPSA) is 94.3 Å². The van der Waals surface area contributed by atoms with Crippen molar-refractivity contribution in [2.75, 3.05) is 18.5 Å². The van der Waals surface area contributed by atoms with Gasteiger partial charge in [0, 0.05) is 18.1 Å². The van der Waals surface area contributed by atoms with Crippen molar-refractivity contribution in [2.45, 2.75) is 24.2 Å². The third-order valence-corrected chi connectivity index (χ3v) is 5.76. The number of hydrogen-bond donors (Lipinski definition) is 2. The molecule has 0 atom stereocenters. The number of hydrogen-bond acceptors (Lipinski definition) is 5. The van der Waals surface area contributed by atoms with Crippen molar-refractivity contribution in [1.29, 1.82) is 0 Å². The highest BCUT2D eigenvalue weighted by Crippen LogP contribution is 2.28. The zero-order valence-electron chi connectivity index (χ0n) is 14.8. The average Bonchev–Trinajstić information content (AvgIpc) is 3.12. The monoisotopic (exact) mass is 383 g/mol. The Kier molecular flexibility index (Phi) is 4.72. The summed E-state index contributed by atoms with van der Waals surface area (Å²) in [6, 6.07) is 12.9. The molecule has 0 bridgehead atoms. The largest absolute Gasteiger partial charge is 0.492 e. The molecule has 0 spiro atoms. The van der Waals surface area contributed by atoms with Gasteiger partial charge in [0.1, 0.15) is 12.4 Å². The van der Waals surface area contributed by atoms with Crippen LogP contribution in [0.2, 0.25) is 0 Å². The van der Waals surface area contributed by atoms with Gasteiger partial charge in [0.25, 0.3) is 0 Å². The Balaban J connectivity index is 1.45. The maximum atomic E-state index is 11.8. The maximum absolute atomic E-state index is 11.8. The number of benzene rings is 2. The molecule has 0 fully saturated rings. The Labute approximate surface area is 158 Å². The molecule has 0 unspecified atom stereocenters. The molecule has 0 aliphatic heterocycles. The zero-order valence-corrected chi connectivity index (χ0v) is 15.6. The summed E-state index contributed by atoms with van der Waals surface area (Å²) >= 11 is 0. The molecule has 3 aromatic rings. The van der Waals surface area contributed by atoms with Crippen LogP contribution in [0.5, 0.6) is 5.75 Å². The molecule has 1 heterocycles. The maximum Gasteiger partial charge on any atom is 0.238 e. The average molecular weight is 383 g/mol. The van der Waals surface area contributed by atoms with E-state index in [1.165, 1.54) is 23.6 Å². The van der Waals surface area contributed by atoms with E-state index >= 15 is 0 Å². The van der Waals surface area contributed by atoms with E-state index in [1.807, 2.05) is 6.07 Å². The van der Waals surface area contributed by atoms with Crippen molar-refractivity contribution >= 4 is 26.6 Å². The van der Waals surface area contributed by atoms with E-state index in [2.05, 4.69) is 22.4 Å². The first-order valence-corrected chi connectivity index (χ1v) is 10.5. The minimum atomic E-state index is -3.80. The molecule has 0 saturated heterocycles. The van der Waals surface area contributed by atoms with Gasteiger partial charge in [-0.2, -0.15) is 0 Å². The number of sulfonamides is 1. The fourth-order valence-electron chi connectivity index (χ4n) is 3.53. The SMILES string of the molecule is NS(=O)(=O)c1ccc(NCCOc2ccc3c(c2)CCC3)c2ncccc12. The molecular weight excluding hydrogens is 362 g/mol. The number of nitrogens with one attached hydrogen (secondary N) is 1. The van der Waals surface area contributed by atoms with Crippen molar-refractivity contribution in [1.82, 2.24) is 4.98 Å². The molecule has 0 amide bonds. The molecule has 1 aliphatic carbocycles. The Morgan fingerprint density at radius 2 is 1.96 bits per heavy atom. The van der Waals surface area contributed by atoms with Gasteiger partial charge in [-0.15, -0.1) is 0 Å². The Bertz CT molecular complexity index is 1100. The first-order valence-electron chi connectivity index (χ1n) is 8.91. The highest BCUT2D eigenvalue weighted by molar-refractivity contribution is 7.89. The van der Waals surface area contributed by atoms with E-state index in [4.69, 9.17) is 9.88 Å². The summed E-state index contributed by atoms with van der Waals surface area (Å²) in [7, 11) is -3.80. The van der Waals surface area contributed by atoms with E-state index in [-0.39, 0.29) is 4.90 Å². The number of aromatic nitrogens is 1. The van der Waals surface area contributed by atoms with Crippen molar-refractivity contribution < 1.29 is 13.2 Å². The van der Waals surface area contributed by atoms with Crippen molar-refractivity contribution in [3.63, 3.8) is 0 Å². The lowest BCUT2D eigenvalue weighted by atomic mass is 10.1. The molecular formula is C20H21N3O3S. The number of ether oxygens (including phenoxy) is 1. The summed E-state index contributed by atoms with van der Waals surface area (Å²) in [4.78, 5) is 4.38. The lowest BCUT2D eigenvalue weighted by Crippen LogP contribution is -2.14. The number of nitrogens with two attached hydrogens (primary N) is 1. The van der Waals surface area contributed by atoms with Crippen LogP contribution in [0.1, 0.15) is 17.5 Å². The predicted octanol–water partition coefficient (Wildman–Crippen LogP) is 2.86. The molecule has 4 rings (SSSR count). The summed E-state index contributed by atoms with van der Waals surface area (Å²) in [6.45, 7) is 1.06. The van der Waals surface area contributed by atoms with Crippen LogP contribution in [0.15, 0.2) is 53.6 Å². The molecule has 1 aliphatic rings. The summed E-state index contributed by atoms with van der Waals surface area (Å²) < 4.78 is 29.4. The fraction of sp³-hybridized carbons (Fsp3) is 0.250. The number of fused-ring (bicyclic) bond motifs is 2. The summed E-state index contributed by atoms with van der Waals surface area (Å²) in [5, 5.41) is 9.07. The number of rotatable bonds is 6. The van der Waals surface area contributed by atoms with Gasteiger partial charge in [0.2, 0.25) is 10.0 Å². The summed E-state index contributed by atoms with van der Waals surface area (Å²) in [5.74, 6) is 0.880. The van der Waals surface area contributed by atoms with Gasteiger partial charge >= 0.3 is 0 Å². The van der Waals surface area contributed by atoms with Crippen LogP contribution in [0, 0.1) is 0 Å². The van der Waals surface area contributed by atoms with Gasteiger partial charge in [-0.25, -0.2) is 13.6 Å². The minimum absolute atomic E-state index is 0.0746. The van der Waals surface area contributed by atoms with Crippen molar-refractivity contribution in [2.24, 2.45) is 5.14 Å². The third-order valence-electron chi connectivity index (χ3n) is 4.79. The standard InChI is InChI=1S/C20H21N3O3S/c21-27(24,25)19-9-8-18(20-17(19)5-2-10-23-20)22-11-12-26-16-7-6-14-3-1-4-15(14)13-16/h2,5-10,13,22H,1,3-4,11-12H2,(H2,21,24,25). The van der Waals surface area contributed by atoms with Crippen molar-refractivity contribution in [3.05, 3.63) is 59.8 Å². The third kappa shape index (κ3) is 3.74. The second kappa shape index (κ2) is 7.17. The van der Waals surface area contributed by atoms with Crippen LogP contribution >= 0.6 is 0 Å². The zero-order chi connectivity index (χ0) is 18.9. The number of nitrogens with zero attached hydrogens (tertiary/aromatic N) is 1. The molecule has 6 nitrogen and oxygen atoms in total. The second-order valence-electron chi connectivity index (χ2n) is 6.62. The molecule has 3 N–H and O–H groups in total. The van der Waals surface area contributed by atoms with Gasteiger partial charge < -0.3 is 10.1 Å². The predicted molar refractivity (Wildman–Crippen MR) is 106 cm³/mol. The van der Waals surface area contributed by atoms with Gasteiger partial charge in [-0.1, -0.05) is 6.07 Å². The number of primary sulfonamides is 1. The van der Waals surface area contributed by atoms with E-state index < -0.39 is 10.0 Å². The van der Waals surface area contributed by atoms with Gasteiger partial charge in [0.15, 0.2) is 0 Å². The number of anilines is 1. The quantitative estimate of drug-likeness (QED) is 0.638. The van der Waals surface area contributed by atoms with Crippen LogP contribution in [-0.2, 0) is 22.9 Å². The second-order valence-corrected chi connectivity index (χ2v) is 8.14. The van der Waals surface area contributed by atoms with Gasteiger partial charge in [-0.3, -0.25) is 4.98 Å². The minimum Gasteiger partial charge on any atom is -0.492 e. The lowest BCUT2D eigenvalue weighted by Gasteiger charge is -2.12. The van der Waals surface area contributed by atoms with Crippen LogP contribution in [0.25, 0.3) is 10.9 Å². The first kappa shape index (κ1) is 17.8. The molecule has 27 heavy (non-hydrogen) atoms. The van der Waals surface area contributed by atoms with E-state index in [1.54, 1.807) is 24.4 Å². The summed E-state index contributed by atoms with van der Waals surface area (Å²) in [6.07, 6.45) is 5.13. The van der Waals surface area contributed by atoms with E-state index in [0.29, 0.717) is 24.1 Å². The van der Waals surface area contributed by atoms with Crippen LogP contribution in [0.4, 0.5) is 5.69 Å². The lowest BCUT2D eigenvalue weighted by molar-refractivity contribution is 0.332. The Morgan fingerprint density at radius 3 is 2.81 bits per heavy atom. The van der Waals surface area contributed by atoms with Gasteiger partial charge in [-0.05, 0) is 66.8 Å². The van der Waals surface area contributed by atoms with Gasteiger partial charge in [0.05, 0.1) is 16.1 Å². The molecule has 1 aromatic heterocycles. The highest BCUT2D eigenvalue weighted by Gasteiger charge is 2.15. The molecule has 0 saturated carbocycles. The molecule has 140 valence electrons. The molecule has 0 radical (unpaired) electrons. The van der Waals surface area contributed by atoms with Crippen LogP contribution in [-0.4, -0.2) is 26.6 Å². The first-order chi connectivity index (χ1) is 13.0. The number of aryl methyl sites for hydroxylation is 2. The number of pyridine rings is 1. The molecule has 2 aromatic carbocycles. The highest BCUT2D eigenvalue weighted by atomic mass is 32.2. The fourth-order valence-corrected chi connectivity index (χ4v) is 4.26. The van der Waals surface area contributed by atoms with E-state index in [9.17, 15) is 8.42 Å². The van der Waals surface area contributed by atoms with Crippen LogP contribution in [0.3, 0.4) is 0 Å².